The van der Waals surface area contributed by atoms with Gasteiger partial charge in [-0.25, -0.2) is 0 Å². The Morgan fingerprint density at radius 2 is 2.11 bits per heavy atom. The molecule has 0 aliphatic carbocycles. The molecule has 0 saturated carbocycles. The summed E-state index contributed by atoms with van der Waals surface area (Å²) in [5.74, 6) is 0.505. The maximum atomic E-state index is 5.91. The van der Waals surface area contributed by atoms with Crippen molar-refractivity contribution in [2.45, 2.75) is 46.3 Å². The van der Waals surface area contributed by atoms with E-state index in [2.05, 4.69) is 44.1 Å². The Labute approximate surface area is 111 Å². The molecule has 2 atom stereocenters. The minimum atomic E-state index is 0.246. The van der Waals surface area contributed by atoms with Crippen LogP contribution in [0.5, 0.6) is 0 Å². The van der Waals surface area contributed by atoms with Crippen molar-refractivity contribution in [3.05, 3.63) is 30.1 Å². The molecule has 1 rings (SSSR count). The normalized spacial score (nSPS) is 14.7. The molecule has 0 radical (unpaired) electrons. The molecule has 1 N–H and O–H groups in total. The Balaban J connectivity index is 2.73. The van der Waals surface area contributed by atoms with Crippen molar-refractivity contribution in [2.75, 3.05) is 13.2 Å². The average Bonchev–Trinajstić information content (AvgIpc) is 2.36. The second kappa shape index (κ2) is 8.22. The quantitative estimate of drug-likeness (QED) is 0.770. The predicted octanol–water partition coefficient (Wildman–Crippen LogP) is 2.66. The number of aromatic nitrogens is 1. The van der Waals surface area contributed by atoms with Crippen molar-refractivity contribution in [1.29, 1.82) is 0 Å². The highest BCUT2D eigenvalue weighted by Crippen LogP contribution is 2.15. The van der Waals surface area contributed by atoms with Crippen molar-refractivity contribution in [3.63, 3.8) is 0 Å². The Kier molecular flexibility index (Phi) is 6.91. The summed E-state index contributed by atoms with van der Waals surface area (Å²) in [6.45, 7) is 10.4. The summed E-state index contributed by atoms with van der Waals surface area (Å²) in [6, 6.07) is 4.46. The lowest BCUT2D eigenvalue weighted by Gasteiger charge is -2.30. The van der Waals surface area contributed by atoms with Crippen molar-refractivity contribution >= 4 is 0 Å². The summed E-state index contributed by atoms with van der Waals surface area (Å²) in [6.07, 6.45) is 4.96. The topological polar surface area (TPSA) is 34.2 Å². The fraction of sp³-hybridized carbons (Fsp3) is 0.667. The lowest BCUT2D eigenvalue weighted by Crippen LogP contribution is -2.45. The van der Waals surface area contributed by atoms with Crippen LogP contribution < -0.4 is 5.32 Å². The van der Waals surface area contributed by atoms with Gasteiger partial charge in [-0.2, -0.15) is 0 Å². The van der Waals surface area contributed by atoms with Gasteiger partial charge < -0.3 is 10.1 Å². The first-order chi connectivity index (χ1) is 8.69. The Morgan fingerprint density at radius 1 is 1.33 bits per heavy atom. The minimum absolute atomic E-state index is 0.246. The van der Waals surface area contributed by atoms with E-state index in [1.165, 1.54) is 5.56 Å². The van der Waals surface area contributed by atoms with E-state index >= 15 is 0 Å². The SMILES string of the molecule is CCNC(Cc1cccnc1)C(OCC)C(C)C. The van der Waals surface area contributed by atoms with E-state index in [4.69, 9.17) is 4.74 Å². The standard InChI is InChI=1S/C15H26N2O/c1-5-17-14(15(12(3)4)18-6-2)10-13-8-7-9-16-11-13/h7-9,11-12,14-15,17H,5-6,10H2,1-4H3. The molecule has 2 unspecified atom stereocenters. The van der Waals surface area contributed by atoms with Gasteiger partial charge in [-0.15, -0.1) is 0 Å². The fourth-order valence-corrected chi connectivity index (χ4v) is 2.31. The largest absolute Gasteiger partial charge is 0.377 e. The Morgan fingerprint density at radius 3 is 2.61 bits per heavy atom. The van der Waals surface area contributed by atoms with Gasteiger partial charge in [-0.1, -0.05) is 26.8 Å². The first kappa shape index (κ1) is 15.1. The molecule has 18 heavy (non-hydrogen) atoms. The zero-order chi connectivity index (χ0) is 13.4. The van der Waals surface area contributed by atoms with Crippen LogP contribution in [-0.4, -0.2) is 30.3 Å². The predicted molar refractivity (Wildman–Crippen MR) is 75.7 cm³/mol. The smallest absolute Gasteiger partial charge is 0.0753 e. The second-order valence-electron chi connectivity index (χ2n) is 4.89. The van der Waals surface area contributed by atoms with E-state index in [1.807, 2.05) is 18.5 Å². The zero-order valence-corrected chi connectivity index (χ0v) is 12.0. The monoisotopic (exact) mass is 250 g/mol. The highest BCUT2D eigenvalue weighted by molar-refractivity contribution is 5.11. The first-order valence-electron chi connectivity index (χ1n) is 6.92. The molecule has 3 nitrogen and oxygen atoms in total. The number of likely N-dealkylation sites (N-methyl/N-ethyl adjacent to an activating group) is 1. The summed E-state index contributed by atoms with van der Waals surface area (Å²) in [7, 11) is 0. The molecular formula is C15H26N2O. The number of hydrogen-bond acceptors (Lipinski definition) is 3. The molecule has 1 aromatic heterocycles. The van der Waals surface area contributed by atoms with Crippen molar-refractivity contribution in [1.82, 2.24) is 10.3 Å². The highest BCUT2D eigenvalue weighted by atomic mass is 16.5. The molecule has 1 aromatic rings. The number of hydrogen-bond donors (Lipinski definition) is 1. The maximum absolute atomic E-state index is 5.91. The van der Waals surface area contributed by atoms with Gasteiger partial charge in [-0.05, 0) is 37.4 Å². The van der Waals surface area contributed by atoms with Crippen LogP contribution in [0.25, 0.3) is 0 Å². The molecule has 1 heterocycles. The lowest BCUT2D eigenvalue weighted by atomic mass is 9.94. The average molecular weight is 250 g/mol. The van der Waals surface area contributed by atoms with Crippen LogP contribution in [0.1, 0.15) is 33.3 Å². The van der Waals surface area contributed by atoms with Crippen LogP contribution in [0, 0.1) is 5.92 Å². The van der Waals surface area contributed by atoms with Crippen molar-refractivity contribution in [2.24, 2.45) is 5.92 Å². The molecule has 0 aliphatic heterocycles. The van der Waals surface area contributed by atoms with Gasteiger partial charge in [0.25, 0.3) is 0 Å². The summed E-state index contributed by atoms with van der Waals surface area (Å²) < 4.78 is 5.91. The molecule has 3 heteroatoms. The molecular weight excluding hydrogens is 224 g/mol. The van der Waals surface area contributed by atoms with Crippen LogP contribution >= 0.6 is 0 Å². The van der Waals surface area contributed by atoms with Gasteiger partial charge in [0.05, 0.1) is 6.10 Å². The molecule has 0 spiro atoms. The summed E-state index contributed by atoms with van der Waals surface area (Å²) in [5.41, 5.74) is 1.26. The number of nitrogens with zero attached hydrogens (tertiary/aromatic N) is 1. The summed E-state index contributed by atoms with van der Waals surface area (Å²) >= 11 is 0. The number of rotatable bonds is 8. The van der Waals surface area contributed by atoms with Crippen LogP contribution in [0.3, 0.4) is 0 Å². The van der Waals surface area contributed by atoms with E-state index in [0.29, 0.717) is 12.0 Å². The van der Waals surface area contributed by atoms with E-state index in [0.717, 1.165) is 19.6 Å². The highest BCUT2D eigenvalue weighted by Gasteiger charge is 2.24. The van der Waals surface area contributed by atoms with Crippen LogP contribution in [0.15, 0.2) is 24.5 Å². The number of pyridine rings is 1. The van der Waals surface area contributed by atoms with E-state index in [1.54, 1.807) is 0 Å². The van der Waals surface area contributed by atoms with Gasteiger partial charge in [0.15, 0.2) is 0 Å². The third kappa shape index (κ3) is 4.75. The van der Waals surface area contributed by atoms with Crippen molar-refractivity contribution in [3.8, 4) is 0 Å². The molecule has 0 bridgehead atoms. The number of nitrogens with one attached hydrogen (secondary N) is 1. The Hall–Kier alpha value is -0.930. The molecule has 0 saturated heterocycles. The second-order valence-corrected chi connectivity index (χ2v) is 4.89. The van der Waals surface area contributed by atoms with Gasteiger partial charge in [0.1, 0.15) is 0 Å². The molecule has 0 aliphatic rings. The fourth-order valence-electron chi connectivity index (χ4n) is 2.31. The maximum Gasteiger partial charge on any atom is 0.0753 e. The van der Waals surface area contributed by atoms with E-state index < -0.39 is 0 Å². The van der Waals surface area contributed by atoms with Gasteiger partial charge in [-0.3, -0.25) is 4.98 Å². The van der Waals surface area contributed by atoms with Crippen molar-refractivity contribution < 1.29 is 4.74 Å². The third-order valence-corrected chi connectivity index (χ3v) is 3.06. The third-order valence-electron chi connectivity index (χ3n) is 3.06. The molecule has 102 valence electrons. The van der Waals surface area contributed by atoms with Crippen LogP contribution in [0.2, 0.25) is 0 Å². The van der Waals surface area contributed by atoms with Gasteiger partial charge >= 0.3 is 0 Å². The molecule has 0 aromatic carbocycles. The lowest BCUT2D eigenvalue weighted by molar-refractivity contribution is 0.00394. The minimum Gasteiger partial charge on any atom is -0.377 e. The van der Waals surface area contributed by atoms with E-state index in [-0.39, 0.29) is 6.10 Å². The number of ether oxygens (including phenoxy) is 1. The summed E-state index contributed by atoms with van der Waals surface area (Å²) in [5, 5.41) is 3.54. The van der Waals surface area contributed by atoms with E-state index in [9.17, 15) is 0 Å². The summed E-state index contributed by atoms with van der Waals surface area (Å²) in [4.78, 5) is 4.18. The Bertz CT molecular complexity index is 314. The zero-order valence-electron chi connectivity index (χ0n) is 12.0. The molecule has 0 fully saturated rings. The van der Waals surface area contributed by atoms with Gasteiger partial charge in [0.2, 0.25) is 0 Å². The first-order valence-corrected chi connectivity index (χ1v) is 6.92. The molecule has 0 amide bonds. The van der Waals surface area contributed by atoms with Gasteiger partial charge in [0, 0.05) is 25.0 Å². The van der Waals surface area contributed by atoms with Crippen LogP contribution in [-0.2, 0) is 11.2 Å². The van der Waals surface area contributed by atoms with Crippen LogP contribution in [0.4, 0.5) is 0 Å².